The Morgan fingerprint density at radius 1 is 1.15 bits per heavy atom. The molecule has 78 valence electrons. The summed E-state index contributed by atoms with van der Waals surface area (Å²) in [7, 11) is 0.254. The second-order valence-corrected chi connectivity index (χ2v) is 6.29. The zero-order chi connectivity index (χ0) is 9.90. The van der Waals surface area contributed by atoms with Crippen LogP contribution in [0.4, 0.5) is 0 Å². The second kappa shape index (κ2) is 4.42. The van der Waals surface area contributed by atoms with E-state index >= 15 is 0 Å². The van der Waals surface area contributed by atoms with Crippen LogP contribution in [0.3, 0.4) is 0 Å². The van der Waals surface area contributed by atoms with Gasteiger partial charge in [0.05, 0.1) is 5.75 Å². The van der Waals surface area contributed by atoms with Crippen molar-refractivity contribution in [3.8, 4) is 0 Å². The highest BCUT2D eigenvalue weighted by Crippen LogP contribution is 2.25. The first kappa shape index (κ1) is 11.0. The molecule has 3 nitrogen and oxygen atoms in total. The molecular weight excluding hydrogens is 186 g/mol. The van der Waals surface area contributed by atoms with Gasteiger partial charge in [0, 0.05) is 14.1 Å². The van der Waals surface area contributed by atoms with Gasteiger partial charge in [-0.1, -0.05) is 19.3 Å². The van der Waals surface area contributed by atoms with Gasteiger partial charge in [-0.25, -0.2) is 12.7 Å². The van der Waals surface area contributed by atoms with Crippen LogP contribution in [0.1, 0.15) is 32.1 Å². The van der Waals surface area contributed by atoms with Gasteiger partial charge in [-0.15, -0.1) is 0 Å². The van der Waals surface area contributed by atoms with E-state index in [0.717, 1.165) is 12.8 Å². The third-order valence-electron chi connectivity index (χ3n) is 2.73. The first-order valence-electron chi connectivity index (χ1n) is 4.92. The van der Waals surface area contributed by atoms with Crippen molar-refractivity contribution < 1.29 is 8.42 Å². The molecule has 0 heterocycles. The Balaban J connectivity index is 2.47. The number of hydrogen-bond donors (Lipinski definition) is 0. The molecule has 13 heavy (non-hydrogen) atoms. The van der Waals surface area contributed by atoms with Gasteiger partial charge in [0.2, 0.25) is 10.0 Å². The van der Waals surface area contributed by atoms with Gasteiger partial charge in [0.15, 0.2) is 0 Å². The molecule has 0 aromatic rings. The highest BCUT2D eigenvalue weighted by Gasteiger charge is 2.22. The van der Waals surface area contributed by atoms with E-state index in [1.807, 2.05) is 0 Å². The minimum atomic E-state index is -2.96. The van der Waals surface area contributed by atoms with E-state index in [1.54, 1.807) is 14.1 Å². The lowest BCUT2D eigenvalue weighted by atomic mass is 9.91. The fourth-order valence-electron chi connectivity index (χ4n) is 1.80. The third kappa shape index (κ3) is 3.27. The van der Waals surface area contributed by atoms with Crippen molar-refractivity contribution in [1.29, 1.82) is 0 Å². The second-order valence-electron chi connectivity index (χ2n) is 4.06. The van der Waals surface area contributed by atoms with Gasteiger partial charge in [0.1, 0.15) is 0 Å². The molecular formula is C9H19NO2S. The van der Waals surface area contributed by atoms with Crippen molar-refractivity contribution in [2.75, 3.05) is 19.8 Å². The van der Waals surface area contributed by atoms with E-state index in [0.29, 0.717) is 11.7 Å². The quantitative estimate of drug-likeness (QED) is 0.699. The average molecular weight is 205 g/mol. The molecule has 0 saturated heterocycles. The molecule has 1 fully saturated rings. The van der Waals surface area contributed by atoms with Gasteiger partial charge in [-0.3, -0.25) is 0 Å². The first-order valence-corrected chi connectivity index (χ1v) is 6.53. The molecule has 1 aliphatic rings. The van der Waals surface area contributed by atoms with Crippen LogP contribution in [0.5, 0.6) is 0 Å². The summed E-state index contributed by atoms with van der Waals surface area (Å²) in [6.45, 7) is 0. The van der Waals surface area contributed by atoms with Crippen molar-refractivity contribution in [2.24, 2.45) is 5.92 Å². The number of nitrogens with zero attached hydrogens (tertiary/aromatic N) is 1. The molecule has 0 amide bonds. The molecule has 0 radical (unpaired) electrons. The van der Waals surface area contributed by atoms with Gasteiger partial charge in [0.25, 0.3) is 0 Å². The summed E-state index contributed by atoms with van der Waals surface area (Å²) in [4.78, 5) is 0. The minimum Gasteiger partial charge on any atom is -0.212 e. The summed E-state index contributed by atoms with van der Waals surface area (Å²) < 4.78 is 24.4. The highest BCUT2D eigenvalue weighted by atomic mass is 32.2. The lowest BCUT2D eigenvalue weighted by molar-refractivity contribution is 0.379. The number of sulfonamides is 1. The number of rotatable bonds is 3. The van der Waals surface area contributed by atoms with Gasteiger partial charge >= 0.3 is 0 Å². The molecule has 0 bridgehead atoms. The van der Waals surface area contributed by atoms with Crippen molar-refractivity contribution >= 4 is 10.0 Å². The maximum absolute atomic E-state index is 11.5. The summed E-state index contributed by atoms with van der Waals surface area (Å²) in [6, 6.07) is 0. The van der Waals surface area contributed by atoms with Crippen LogP contribution in [0.15, 0.2) is 0 Å². The van der Waals surface area contributed by atoms with Crippen LogP contribution >= 0.6 is 0 Å². The Bertz CT molecular complexity index is 240. The lowest BCUT2D eigenvalue weighted by Gasteiger charge is -2.22. The van der Waals surface area contributed by atoms with E-state index in [4.69, 9.17) is 0 Å². The average Bonchev–Trinajstić information content (AvgIpc) is 2.05. The fourth-order valence-corrected chi connectivity index (χ4v) is 3.03. The molecule has 0 aliphatic heterocycles. The maximum atomic E-state index is 11.5. The molecule has 1 rings (SSSR count). The Hall–Kier alpha value is -0.0900. The van der Waals surface area contributed by atoms with E-state index in [-0.39, 0.29) is 0 Å². The van der Waals surface area contributed by atoms with Crippen molar-refractivity contribution in [1.82, 2.24) is 4.31 Å². The van der Waals surface area contributed by atoms with E-state index in [1.165, 1.54) is 23.6 Å². The van der Waals surface area contributed by atoms with Crippen LogP contribution in [0.2, 0.25) is 0 Å². The zero-order valence-electron chi connectivity index (χ0n) is 8.49. The molecule has 4 heteroatoms. The van der Waals surface area contributed by atoms with Crippen LogP contribution in [0, 0.1) is 5.92 Å². The molecule has 1 saturated carbocycles. The van der Waals surface area contributed by atoms with Gasteiger partial charge < -0.3 is 0 Å². The summed E-state index contributed by atoms with van der Waals surface area (Å²) in [5, 5.41) is 0. The summed E-state index contributed by atoms with van der Waals surface area (Å²) in [6.07, 6.45) is 5.86. The van der Waals surface area contributed by atoms with Gasteiger partial charge in [-0.2, -0.15) is 0 Å². The fraction of sp³-hybridized carbons (Fsp3) is 1.00. The largest absolute Gasteiger partial charge is 0.213 e. The molecule has 0 unspecified atom stereocenters. The maximum Gasteiger partial charge on any atom is 0.213 e. The van der Waals surface area contributed by atoms with Crippen molar-refractivity contribution in [2.45, 2.75) is 32.1 Å². The van der Waals surface area contributed by atoms with E-state index in [9.17, 15) is 8.42 Å². The van der Waals surface area contributed by atoms with Crippen LogP contribution in [-0.2, 0) is 10.0 Å². The Labute approximate surface area is 81.2 Å². The normalized spacial score (nSPS) is 20.8. The molecule has 0 aromatic carbocycles. The zero-order valence-corrected chi connectivity index (χ0v) is 9.31. The monoisotopic (exact) mass is 205 g/mol. The third-order valence-corrected chi connectivity index (χ3v) is 4.73. The molecule has 0 aromatic heterocycles. The Morgan fingerprint density at radius 3 is 2.15 bits per heavy atom. The predicted molar refractivity (Wildman–Crippen MR) is 54.0 cm³/mol. The van der Waals surface area contributed by atoms with Crippen LogP contribution < -0.4 is 0 Å². The molecule has 0 spiro atoms. The van der Waals surface area contributed by atoms with Crippen LogP contribution in [0.25, 0.3) is 0 Å². The summed E-state index contributed by atoms with van der Waals surface area (Å²) in [5.41, 5.74) is 0. The first-order chi connectivity index (χ1) is 6.02. The summed E-state index contributed by atoms with van der Waals surface area (Å²) >= 11 is 0. The van der Waals surface area contributed by atoms with Crippen LogP contribution in [-0.4, -0.2) is 32.6 Å². The Kier molecular flexibility index (Phi) is 3.74. The number of hydrogen-bond acceptors (Lipinski definition) is 2. The Morgan fingerprint density at radius 2 is 1.69 bits per heavy atom. The van der Waals surface area contributed by atoms with E-state index < -0.39 is 10.0 Å². The van der Waals surface area contributed by atoms with Crippen molar-refractivity contribution in [3.63, 3.8) is 0 Å². The van der Waals surface area contributed by atoms with Gasteiger partial charge in [-0.05, 0) is 18.8 Å². The lowest BCUT2D eigenvalue weighted by Crippen LogP contribution is -2.29. The van der Waals surface area contributed by atoms with E-state index in [2.05, 4.69) is 0 Å². The standard InChI is InChI=1S/C9H19NO2S/c1-10(2)13(11,12)8-9-6-4-3-5-7-9/h9H,3-8H2,1-2H3. The summed E-state index contributed by atoms with van der Waals surface area (Å²) in [5.74, 6) is 0.751. The van der Waals surface area contributed by atoms with Crippen molar-refractivity contribution in [3.05, 3.63) is 0 Å². The topological polar surface area (TPSA) is 37.4 Å². The molecule has 0 N–H and O–H groups in total. The minimum absolute atomic E-state index is 0.347. The molecule has 0 atom stereocenters. The molecule has 1 aliphatic carbocycles. The predicted octanol–water partition coefficient (Wildman–Crippen LogP) is 1.46. The SMILES string of the molecule is CN(C)S(=O)(=O)CC1CCCCC1. The smallest absolute Gasteiger partial charge is 0.212 e. The highest BCUT2D eigenvalue weighted by molar-refractivity contribution is 7.89.